The Morgan fingerprint density at radius 2 is 1.86 bits per heavy atom. The number of unbranched alkanes of at least 4 members (excludes halogenated alkanes) is 4. The molecule has 4 atom stereocenters. The van der Waals surface area contributed by atoms with Crippen LogP contribution < -0.4 is 0 Å². The van der Waals surface area contributed by atoms with Crippen molar-refractivity contribution in [1.29, 1.82) is 0 Å². The van der Waals surface area contributed by atoms with Crippen LogP contribution in [0.5, 0.6) is 0 Å². The third-order valence-electron chi connectivity index (χ3n) is 5.37. The lowest BCUT2D eigenvalue weighted by molar-refractivity contribution is 0.0630. The van der Waals surface area contributed by atoms with E-state index < -0.39 is 0 Å². The van der Waals surface area contributed by atoms with E-state index in [0.29, 0.717) is 5.92 Å². The molecule has 0 heterocycles. The Hall–Kier alpha value is -0.600. The Kier molecular flexibility index (Phi) is 6.07. The van der Waals surface area contributed by atoms with Crippen LogP contribution in [0.1, 0.15) is 71.6 Å². The van der Waals surface area contributed by atoms with Crippen LogP contribution in [0.3, 0.4) is 0 Å². The normalized spacial score (nSPS) is 35.3. The molecule has 0 aromatic heterocycles. The zero-order valence-corrected chi connectivity index (χ0v) is 13.7. The van der Waals surface area contributed by atoms with E-state index in [9.17, 15) is 10.2 Å². The van der Waals surface area contributed by atoms with E-state index in [-0.39, 0.29) is 17.6 Å². The van der Waals surface area contributed by atoms with E-state index in [0.717, 1.165) is 32.1 Å². The van der Waals surface area contributed by atoms with Gasteiger partial charge in [0.1, 0.15) is 0 Å². The number of aliphatic hydroxyl groups excluding tert-OH is 2. The number of aliphatic hydroxyl groups is 2. The Bertz CT molecular complexity index is 381. The molecule has 0 spiro atoms. The molecule has 0 aliphatic heterocycles. The van der Waals surface area contributed by atoms with Crippen LogP contribution in [0.4, 0.5) is 0 Å². The van der Waals surface area contributed by atoms with Crippen molar-refractivity contribution in [2.75, 3.05) is 0 Å². The van der Waals surface area contributed by atoms with Crippen LogP contribution >= 0.6 is 0 Å². The molecule has 2 N–H and O–H groups in total. The lowest BCUT2D eigenvalue weighted by Crippen LogP contribution is -2.30. The molecular weight excluding hydrogens is 260 g/mol. The number of fused-ring (bicyclic) bond motifs is 1. The van der Waals surface area contributed by atoms with Crippen molar-refractivity contribution in [2.24, 2.45) is 11.3 Å². The molecule has 120 valence electrons. The Labute approximate surface area is 130 Å². The average Bonchev–Trinajstić information content (AvgIpc) is 2.89. The molecule has 4 unspecified atom stereocenters. The summed E-state index contributed by atoms with van der Waals surface area (Å²) in [6.45, 7) is 4.31. The largest absolute Gasteiger partial charge is 0.393 e. The smallest absolute Gasteiger partial charge is 0.0634 e. The topological polar surface area (TPSA) is 40.5 Å². The Morgan fingerprint density at radius 1 is 1.10 bits per heavy atom. The van der Waals surface area contributed by atoms with E-state index in [1.54, 1.807) is 0 Å². The van der Waals surface area contributed by atoms with Gasteiger partial charge in [-0.1, -0.05) is 30.2 Å². The standard InChI is InChI=1S/C19H32O2/c1-15(2)9-7-5-3-4-6-8-12-19-14-17(20)13-16(19)10-11-18(19)21/h8-9,12,16-18,20-21H,3-7,10-11,13-14H2,1-2H3. The molecule has 2 aliphatic rings. The molecule has 2 aliphatic carbocycles. The average molecular weight is 292 g/mol. The number of hydrogen-bond acceptors (Lipinski definition) is 2. The highest BCUT2D eigenvalue weighted by molar-refractivity contribution is 5.15. The fourth-order valence-corrected chi connectivity index (χ4v) is 4.22. The van der Waals surface area contributed by atoms with Gasteiger partial charge in [-0.2, -0.15) is 0 Å². The quantitative estimate of drug-likeness (QED) is 0.540. The third-order valence-corrected chi connectivity index (χ3v) is 5.37. The maximum Gasteiger partial charge on any atom is 0.0634 e. The van der Waals surface area contributed by atoms with Crippen molar-refractivity contribution in [3.63, 3.8) is 0 Å². The van der Waals surface area contributed by atoms with Gasteiger partial charge >= 0.3 is 0 Å². The van der Waals surface area contributed by atoms with Crippen LogP contribution in [0, 0.1) is 11.3 Å². The fourth-order valence-electron chi connectivity index (χ4n) is 4.22. The second kappa shape index (κ2) is 7.60. The summed E-state index contributed by atoms with van der Waals surface area (Å²) in [4.78, 5) is 0. The van der Waals surface area contributed by atoms with Gasteiger partial charge in [-0.15, -0.1) is 0 Å². The summed E-state index contributed by atoms with van der Waals surface area (Å²) in [5.41, 5.74) is 1.30. The van der Waals surface area contributed by atoms with Crippen LogP contribution in [-0.4, -0.2) is 22.4 Å². The van der Waals surface area contributed by atoms with E-state index in [1.165, 1.54) is 31.3 Å². The first kappa shape index (κ1) is 16.8. The van der Waals surface area contributed by atoms with Crippen LogP contribution in [0.25, 0.3) is 0 Å². The molecule has 0 aromatic carbocycles. The van der Waals surface area contributed by atoms with Crippen LogP contribution in [0.15, 0.2) is 23.8 Å². The molecule has 0 saturated heterocycles. The summed E-state index contributed by atoms with van der Waals surface area (Å²) in [6, 6.07) is 0. The summed E-state index contributed by atoms with van der Waals surface area (Å²) in [7, 11) is 0. The molecule has 21 heavy (non-hydrogen) atoms. The molecule has 0 radical (unpaired) electrons. The van der Waals surface area contributed by atoms with Crippen molar-refractivity contribution in [3.8, 4) is 0 Å². The number of rotatable bonds is 7. The van der Waals surface area contributed by atoms with Crippen molar-refractivity contribution in [2.45, 2.75) is 83.8 Å². The highest BCUT2D eigenvalue weighted by Gasteiger charge is 2.53. The first-order valence-electron chi connectivity index (χ1n) is 8.72. The first-order chi connectivity index (χ1) is 10.0. The molecule has 0 amide bonds. The molecule has 2 heteroatoms. The van der Waals surface area contributed by atoms with E-state index in [1.807, 2.05) is 0 Å². The maximum atomic E-state index is 10.3. The minimum atomic E-state index is -0.242. The summed E-state index contributed by atoms with van der Waals surface area (Å²) >= 11 is 0. The second-order valence-corrected chi connectivity index (χ2v) is 7.32. The summed E-state index contributed by atoms with van der Waals surface area (Å²) in [6.07, 6.45) is 16.1. The third kappa shape index (κ3) is 4.20. The van der Waals surface area contributed by atoms with Crippen molar-refractivity contribution >= 4 is 0 Å². The summed E-state index contributed by atoms with van der Waals surface area (Å²) in [5.74, 6) is 0.497. The lowest BCUT2D eigenvalue weighted by atomic mass is 9.78. The van der Waals surface area contributed by atoms with E-state index in [4.69, 9.17) is 0 Å². The van der Waals surface area contributed by atoms with Crippen LogP contribution in [0.2, 0.25) is 0 Å². The SMILES string of the molecule is CC(C)=CCCCCCC=CC12CC(O)CC1CCC2O. The Morgan fingerprint density at radius 3 is 2.62 bits per heavy atom. The van der Waals surface area contributed by atoms with Gasteiger partial charge in [-0.25, -0.2) is 0 Å². The minimum Gasteiger partial charge on any atom is -0.393 e. The monoisotopic (exact) mass is 292 g/mol. The lowest BCUT2D eigenvalue weighted by Gasteiger charge is -2.29. The highest BCUT2D eigenvalue weighted by atomic mass is 16.3. The molecule has 2 nitrogen and oxygen atoms in total. The van der Waals surface area contributed by atoms with E-state index in [2.05, 4.69) is 32.1 Å². The van der Waals surface area contributed by atoms with Crippen molar-refractivity contribution in [3.05, 3.63) is 23.8 Å². The number of allylic oxidation sites excluding steroid dienone is 3. The van der Waals surface area contributed by atoms with Crippen LogP contribution in [-0.2, 0) is 0 Å². The molecule has 0 aromatic rings. The fraction of sp³-hybridized carbons (Fsp3) is 0.789. The second-order valence-electron chi connectivity index (χ2n) is 7.32. The molecule has 2 saturated carbocycles. The van der Waals surface area contributed by atoms with Gasteiger partial charge in [0.2, 0.25) is 0 Å². The molecular formula is C19H32O2. The van der Waals surface area contributed by atoms with Gasteiger partial charge in [0.15, 0.2) is 0 Å². The molecule has 2 rings (SSSR count). The Balaban J connectivity index is 1.72. The predicted molar refractivity (Wildman–Crippen MR) is 88.1 cm³/mol. The van der Waals surface area contributed by atoms with Gasteiger partial charge in [-0.3, -0.25) is 0 Å². The minimum absolute atomic E-state index is 0.110. The van der Waals surface area contributed by atoms with Gasteiger partial charge < -0.3 is 10.2 Å². The van der Waals surface area contributed by atoms with Gasteiger partial charge in [-0.05, 0) is 71.1 Å². The zero-order valence-electron chi connectivity index (χ0n) is 13.7. The van der Waals surface area contributed by atoms with Crippen molar-refractivity contribution < 1.29 is 10.2 Å². The zero-order chi connectivity index (χ0) is 15.3. The van der Waals surface area contributed by atoms with Gasteiger partial charge in [0.05, 0.1) is 12.2 Å². The molecule has 2 fully saturated rings. The highest BCUT2D eigenvalue weighted by Crippen LogP contribution is 2.55. The number of hydrogen-bond donors (Lipinski definition) is 2. The molecule has 0 bridgehead atoms. The van der Waals surface area contributed by atoms with E-state index >= 15 is 0 Å². The van der Waals surface area contributed by atoms with Gasteiger partial charge in [0.25, 0.3) is 0 Å². The van der Waals surface area contributed by atoms with Crippen molar-refractivity contribution in [1.82, 2.24) is 0 Å². The summed E-state index contributed by atoms with van der Waals surface area (Å²) in [5, 5.41) is 20.2. The van der Waals surface area contributed by atoms with Gasteiger partial charge in [0, 0.05) is 5.41 Å². The predicted octanol–water partition coefficient (Wildman–Crippen LogP) is 4.37. The maximum absolute atomic E-state index is 10.3. The summed E-state index contributed by atoms with van der Waals surface area (Å²) < 4.78 is 0. The first-order valence-corrected chi connectivity index (χ1v) is 8.72.